The van der Waals surface area contributed by atoms with E-state index in [1.807, 2.05) is 6.07 Å². The number of aromatic carboxylic acids is 1. The molecule has 1 saturated carbocycles. The van der Waals surface area contributed by atoms with Crippen LogP contribution >= 0.6 is 0 Å². The Bertz CT molecular complexity index is 745. The van der Waals surface area contributed by atoms with Gasteiger partial charge < -0.3 is 5.11 Å². The summed E-state index contributed by atoms with van der Waals surface area (Å²) < 4.78 is 0. The van der Waals surface area contributed by atoms with E-state index in [1.165, 1.54) is 16.7 Å². The normalized spacial score (nSPS) is 15.8. The number of aromatic nitrogens is 1. The topological polar surface area (TPSA) is 50.2 Å². The molecule has 1 N–H and O–H groups in total. The second-order valence-corrected chi connectivity index (χ2v) is 5.85. The number of pyridine rings is 1. The van der Waals surface area contributed by atoms with Crippen LogP contribution in [0.5, 0.6) is 0 Å². The number of hydrogen-bond donors (Lipinski definition) is 1. The molecule has 2 aliphatic rings. The molecule has 0 aliphatic heterocycles. The number of aryl methyl sites for hydroxylation is 1. The molecule has 4 rings (SSSR count). The zero-order valence-electron chi connectivity index (χ0n) is 11.3. The predicted molar refractivity (Wildman–Crippen MR) is 76.2 cm³/mol. The second-order valence-electron chi connectivity index (χ2n) is 5.85. The van der Waals surface area contributed by atoms with Crippen LogP contribution < -0.4 is 0 Å². The number of benzene rings is 1. The molecule has 3 nitrogen and oxygen atoms in total. The van der Waals surface area contributed by atoms with E-state index in [1.54, 1.807) is 0 Å². The zero-order chi connectivity index (χ0) is 13.9. The Hall–Kier alpha value is -2.16. The Morgan fingerprint density at radius 3 is 2.75 bits per heavy atom. The molecular weight excluding hydrogens is 250 g/mol. The monoisotopic (exact) mass is 265 g/mol. The lowest BCUT2D eigenvalue weighted by molar-refractivity contribution is 0.0695. The first-order chi connectivity index (χ1) is 9.63. The van der Waals surface area contributed by atoms with Crippen LogP contribution in [0.1, 0.15) is 51.5 Å². The molecule has 1 aromatic heterocycles. The fraction of sp³-hybridized carbons (Fsp3) is 0.294. The minimum absolute atomic E-state index is 0.347. The predicted octanol–water partition coefficient (Wildman–Crippen LogP) is 3.54. The first-order valence-electron chi connectivity index (χ1n) is 7.00. The molecule has 0 amide bonds. The highest BCUT2D eigenvalue weighted by atomic mass is 16.4. The van der Waals surface area contributed by atoms with Gasteiger partial charge in [-0.05, 0) is 43.0 Å². The fourth-order valence-electron chi connectivity index (χ4n) is 3.05. The first-order valence-corrected chi connectivity index (χ1v) is 7.00. The lowest BCUT2D eigenvalue weighted by atomic mass is 10.0. The minimum Gasteiger partial charge on any atom is -0.478 e. The highest BCUT2D eigenvalue weighted by Crippen LogP contribution is 2.44. The van der Waals surface area contributed by atoms with Gasteiger partial charge in [0.05, 0.1) is 17.0 Å². The van der Waals surface area contributed by atoms with Gasteiger partial charge in [0.15, 0.2) is 0 Å². The van der Waals surface area contributed by atoms with Gasteiger partial charge >= 0.3 is 5.97 Å². The number of rotatable bonds is 2. The van der Waals surface area contributed by atoms with Gasteiger partial charge in [0, 0.05) is 17.9 Å². The van der Waals surface area contributed by atoms with E-state index in [0.29, 0.717) is 11.5 Å². The highest BCUT2D eigenvalue weighted by Gasteiger charge is 2.32. The second kappa shape index (κ2) is 3.92. The number of fused-ring (bicyclic) bond motifs is 3. The van der Waals surface area contributed by atoms with E-state index < -0.39 is 5.97 Å². The lowest BCUT2D eigenvalue weighted by Gasteiger charge is -2.08. The van der Waals surface area contributed by atoms with E-state index in [-0.39, 0.29) is 0 Å². The number of carboxylic acids is 1. The third-order valence-corrected chi connectivity index (χ3v) is 4.23. The molecule has 0 unspecified atom stereocenters. The van der Waals surface area contributed by atoms with Gasteiger partial charge in [0.2, 0.25) is 0 Å². The minimum atomic E-state index is -0.852. The highest BCUT2D eigenvalue weighted by molar-refractivity contribution is 5.91. The number of carboxylic acid groups (broad SMARTS) is 1. The summed E-state index contributed by atoms with van der Waals surface area (Å²) in [5, 5.41) is 9.39. The molecule has 3 heteroatoms. The van der Waals surface area contributed by atoms with Crippen molar-refractivity contribution >= 4 is 5.97 Å². The summed E-state index contributed by atoms with van der Waals surface area (Å²) in [7, 11) is 0. The van der Waals surface area contributed by atoms with Crippen LogP contribution in [-0.2, 0) is 6.42 Å². The molecule has 20 heavy (non-hydrogen) atoms. The van der Waals surface area contributed by atoms with Gasteiger partial charge in [-0.25, -0.2) is 4.79 Å². The lowest BCUT2D eigenvalue weighted by Crippen LogP contribution is -2.06. The molecular formula is C17H15NO2. The Labute approximate surface area is 117 Å². The molecule has 0 radical (unpaired) electrons. The summed E-state index contributed by atoms with van der Waals surface area (Å²) >= 11 is 0. The average molecular weight is 265 g/mol. The van der Waals surface area contributed by atoms with Crippen molar-refractivity contribution in [3.8, 4) is 11.3 Å². The molecule has 1 fully saturated rings. The van der Waals surface area contributed by atoms with Crippen molar-refractivity contribution in [1.29, 1.82) is 0 Å². The Morgan fingerprint density at radius 1 is 1.25 bits per heavy atom. The van der Waals surface area contributed by atoms with Crippen molar-refractivity contribution in [3.63, 3.8) is 0 Å². The number of nitrogens with zero attached hydrogens (tertiary/aromatic N) is 1. The maximum Gasteiger partial charge on any atom is 0.337 e. The van der Waals surface area contributed by atoms with Crippen molar-refractivity contribution in [2.75, 3.05) is 0 Å². The van der Waals surface area contributed by atoms with E-state index in [0.717, 1.165) is 36.2 Å². The van der Waals surface area contributed by atoms with Gasteiger partial charge in [-0.15, -0.1) is 0 Å². The molecule has 0 atom stereocenters. The van der Waals surface area contributed by atoms with Crippen molar-refractivity contribution in [2.45, 2.75) is 32.1 Å². The summed E-state index contributed by atoms with van der Waals surface area (Å²) in [6, 6.07) is 8.23. The summed E-state index contributed by atoms with van der Waals surface area (Å²) in [4.78, 5) is 16.2. The molecule has 2 aliphatic carbocycles. The molecule has 2 aromatic rings. The summed E-state index contributed by atoms with van der Waals surface area (Å²) in [5.41, 5.74) is 6.87. The van der Waals surface area contributed by atoms with Crippen LogP contribution in [0.2, 0.25) is 0 Å². The first kappa shape index (κ1) is 11.6. The largest absolute Gasteiger partial charge is 0.478 e. The average Bonchev–Trinajstić information content (AvgIpc) is 3.20. The summed E-state index contributed by atoms with van der Waals surface area (Å²) in [6.07, 6.45) is 2.92. The van der Waals surface area contributed by atoms with Crippen LogP contribution in [0.3, 0.4) is 0 Å². The smallest absolute Gasteiger partial charge is 0.337 e. The van der Waals surface area contributed by atoms with Crippen molar-refractivity contribution in [2.24, 2.45) is 0 Å². The zero-order valence-corrected chi connectivity index (χ0v) is 11.3. The molecule has 0 spiro atoms. The van der Waals surface area contributed by atoms with Crippen LogP contribution in [-0.4, -0.2) is 16.1 Å². The molecule has 0 bridgehead atoms. The van der Waals surface area contributed by atoms with Gasteiger partial charge in [-0.3, -0.25) is 4.98 Å². The van der Waals surface area contributed by atoms with E-state index >= 15 is 0 Å². The molecule has 100 valence electrons. The van der Waals surface area contributed by atoms with E-state index in [4.69, 9.17) is 4.98 Å². The van der Waals surface area contributed by atoms with Gasteiger partial charge in [0.25, 0.3) is 0 Å². The molecule has 0 saturated heterocycles. The SMILES string of the molecule is Cc1ccc2c(c1)-c1nc(C3CC3)c(C(=O)O)cc1C2. The Balaban J connectivity index is 1.94. The number of hydrogen-bond acceptors (Lipinski definition) is 2. The Kier molecular flexibility index (Phi) is 2.28. The fourth-order valence-corrected chi connectivity index (χ4v) is 3.05. The quantitative estimate of drug-likeness (QED) is 0.771. The third kappa shape index (κ3) is 1.66. The van der Waals surface area contributed by atoms with Crippen molar-refractivity contribution < 1.29 is 9.90 Å². The summed E-state index contributed by atoms with van der Waals surface area (Å²) in [5.74, 6) is -0.505. The van der Waals surface area contributed by atoms with Crippen LogP contribution in [0.15, 0.2) is 24.3 Å². The van der Waals surface area contributed by atoms with Gasteiger partial charge in [-0.1, -0.05) is 17.7 Å². The standard InChI is InChI=1S/C17H15NO2/c1-9-2-3-11-7-12-8-14(17(19)20)15(10-4-5-10)18-16(12)13(11)6-9/h2-3,6,8,10H,4-5,7H2,1H3,(H,19,20). The van der Waals surface area contributed by atoms with Gasteiger partial charge in [-0.2, -0.15) is 0 Å². The van der Waals surface area contributed by atoms with Crippen molar-refractivity contribution in [3.05, 3.63) is 52.2 Å². The van der Waals surface area contributed by atoms with Crippen LogP contribution in [0.25, 0.3) is 11.3 Å². The van der Waals surface area contributed by atoms with Gasteiger partial charge in [0.1, 0.15) is 0 Å². The van der Waals surface area contributed by atoms with Crippen LogP contribution in [0.4, 0.5) is 0 Å². The Morgan fingerprint density at radius 2 is 2.05 bits per heavy atom. The number of carbonyl (C=O) groups is 1. The van der Waals surface area contributed by atoms with Crippen LogP contribution in [0, 0.1) is 6.92 Å². The van der Waals surface area contributed by atoms with E-state index in [9.17, 15) is 9.90 Å². The van der Waals surface area contributed by atoms with Crippen molar-refractivity contribution in [1.82, 2.24) is 4.98 Å². The molecule has 1 heterocycles. The van der Waals surface area contributed by atoms with E-state index in [2.05, 4.69) is 25.1 Å². The molecule has 1 aromatic carbocycles. The third-order valence-electron chi connectivity index (χ3n) is 4.23. The maximum absolute atomic E-state index is 11.4. The summed E-state index contributed by atoms with van der Waals surface area (Å²) in [6.45, 7) is 2.08. The maximum atomic E-state index is 11.4.